The Morgan fingerprint density at radius 3 is 1.97 bits per heavy atom. The van der Waals surface area contributed by atoms with Gasteiger partial charge in [-0.2, -0.15) is 0 Å². The van der Waals surface area contributed by atoms with Crippen LogP contribution in [-0.4, -0.2) is 60.0 Å². The summed E-state index contributed by atoms with van der Waals surface area (Å²) in [4.78, 5) is 48.2. The van der Waals surface area contributed by atoms with E-state index in [2.05, 4.69) is 16.0 Å². The van der Waals surface area contributed by atoms with E-state index < -0.39 is 41.8 Å². The molecule has 10 nitrogen and oxygen atoms in total. The Labute approximate surface area is 178 Å². The summed E-state index contributed by atoms with van der Waals surface area (Å²) >= 11 is 0. The number of hydrogen-bond acceptors (Lipinski definition) is 6. The molecular weight excluding hydrogens is 390 g/mol. The summed E-state index contributed by atoms with van der Waals surface area (Å²) in [5.41, 5.74) is 11.2. The van der Waals surface area contributed by atoms with Crippen molar-refractivity contribution in [1.29, 1.82) is 0 Å². The van der Waals surface area contributed by atoms with Crippen LogP contribution in [0, 0.1) is 11.8 Å². The molecule has 0 saturated carbocycles. The van der Waals surface area contributed by atoms with E-state index in [-0.39, 0.29) is 24.8 Å². The van der Waals surface area contributed by atoms with Gasteiger partial charge in [-0.05, 0) is 50.5 Å². The Bertz CT molecular complexity index is 568. The molecule has 0 aliphatic carbocycles. The third-order valence-corrected chi connectivity index (χ3v) is 4.41. The normalized spacial score (nSPS) is 14.1. The van der Waals surface area contributed by atoms with E-state index in [1.54, 1.807) is 0 Å². The number of aliphatic carboxylic acids is 1. The number of carbonyl (C=O) groups excluding carboxylic acids is 3. The molecule has 0 bridgehead atoms. The van der Waals surface area contributed by atoms with Crippen LogP contribution in [0.15, 0.2) is 0 Å². The van der Waals surface area contributed by atoms with Crippen LogP contribution in [0.5, 0.6) is 0 Å². The topological polar surface area (TPSA) is 177 Å². The van der Waals surface area contributed by atoms with Crippen LogP contribution in [0.1, 0.15) is 59.8 Å². The standard InChI is InChI=1S/C20H39N5O5/c1-12(2)9-14(22)18(27)23-11-17(26)24-16(10-13(3)4)19(28)25-15(20(29)30)7-5-6-8-21/h12-16H,5-11,21-22H2,1-4H3,(H,23,27)(H,24,26)(H,25,28)(H,29,30). The number of carboxylic acids is 1. The SMILES string of the molecule is CC(C)CC(N)C(=O)NCC(=O)NC(CC(C)C)C(=O)NC(CCCCN)C(=O)O. The van der Waals surface area contributed by atoms with Gasteiger partial charge in [-0.15, -0.1) is 0 Å². The number of carbonyl (C=O) groups is 4. The molecule has 3 atom stereocenters. The van der Waals surface area contributed by atoms with E-state index in [0.717, 1.165) is 0 Å². The van der Waals surface area contributed by atoms with Crippen molar-refractivity contribution in [2.75, 3.05) is 13.1 Å². The molecule has 0 saturated heterocycles. The predicted octanol–water partition coefficient (Wildman–Crippen LogP) is -0.295. The van der Waals surface area contributed by atoms with Crippen LogP contribution >= 0.6 is 0 Å². The summed E-state index contributed by atoms with van der Waals surface area (Å²) in [5, 5.41) is 16.9. The largest absolute Gasteiger partial charge is 0.480 e. The number of hydrogen-bond donors (Lipinski definition) is 6. The molecule has 0 aromatic rings. The minimum absolute atomic E-state index is 0.0793. The Morgan fingerprint density at radius 1 is 0.867 bits per heavy atom. The molecular formula is C20H39N5O5. The maximum absolute atomic E-state index is 12.6. The molecule has 0 rings (SSSR count). The molecule has 0 radical (unpaired) electrons. The van der Waals surface area contributed by atoms with Crippen molar-refractivity contribution in [3.05, 3.63) is 0 Å². The van der Waals surface area contributed by atoms with Crippen molar-refractivity contribution in [3.63, 3.8) is 0 Å². The summed E-state index contributed by atoms with van der Waals surface area (Å²) in [6.45, 7) is 7.78. The monoisotopic (exact) mass is 429 g/mol. The predicted molar refractivity (Wildman–Crippen MR) is 114 cm³/mol. The quantitative estimate of drug-likeness (QED) is 0.194. The number of nitrogens with one attached hydrogen (secondary N) is 3. The minimum Gasteiger partial charge on any atom is -0.480 e. The zero-order valence-corrected chi connectivity index (χ0v) is 18.6. The fourth-order valence-electron chi connectivity index (χ4n) is 2.88. The van der Waals surface area contributed by atoms with Gasteiger partial charge in [-0.25, -0.2) is 4.79 Å². The Hall–Kier alpha value is -2.20. The number of rotatable bonds is 15. The molecule has 0 spiro atoms. The number of nitrogens with two attached hydrogens (primary N) is 2. The van der Waals surface area contributed by atoms with Crippen LogP contribution in [-0.2, 0) is 19.2 Å². The molecule has 0 aliphatic rings. The first-order chi connectivity index (χ1) is 14.0. The summed E-state index contributed by atoms with van der Waals surface area (Å²) in [5.74, 6) is -2.37. The van der Waals surface area contributed by atoms with Gasteiger partial charge in [0, 0.05) is 0 Å². The molecule has 3 amide bonds. The van der Waals surface area contributed by atoms with E-state index in [0.29, 0.717) is 32.2 Å². The van der Waals surface area contributed by atoms with E-state index in [4.69, 9.17) is 11.5 Å². The second-order valence-corrected chi connectivity index (χ2v) is 8.39. The summed E-state index contributed by atoms with van der Waals surface area (Å²) in [6.07, 6.45) is 2.30. The third kappa shape index (κ3) is 12.4. The van der Waals surface area contributed by atoms with Crippen LogP contribution in [0.3, 0.4) is 0 Å². The highest BCUT2D eigenvalue weighted by Gasteiger charge is 2.27. The van der Waals surface area contributed by atoms with Crippen LogP contribution < -0.4 is 27.4 Å². The van der Waals surface area contributed by atoms with E-state index >= 15 is 0 Å². The molecule has 0 heterocycles. The average molecular weight is 430 g/mol. The molecule has 0 aliphatic heterocycles. The Morgan fingerprint density at radius 2 is 1.47 bits per heavy atom. The van der Waals surface area contributed by atoms with Gasteiger partial charge < -0.3 is 32.5 Å². The van der Waals surface area contributed by atoms with Crippen molar-refractivity contribution in [2.45, 2.75) is 77.9 Å². The fraction of sp³-hybridized carbons (Fsp3) is 0.800. The second kappa shape index (κ2) is 14.7. The van der Waals surface area contributed by atoms with Gasteiger partial charge >= 0.3 is 5.97 Å². The smallest absolute Gasteiger partial charge is 0.326 e. The Kier molecular flexibility index (Phi) is 13.7. The molecule has 0 fully saturated rings. The molecule has 174 valence electrons. The van der Waals surface area contributed by atoms with E-state index in [1.165, 1.54) is 0 Å². The fourth-order valence-corrected chi connectivity index (χ4v) is 2.88. The molecule has 10 heteroatoms. The highest BCUT2D eigenvalue weighted by atomic mass is 16.4. The first-order valence-corrected chi connectivity index (χ1v) is 10.5. The number of amides is 3. The van der Waals surface area contributed by atoms with Gasteiger partial charge in [0.2, 0.25) is 17.7 Å². The highest BCUT2D eigenvalue weighted by molar-refractivity contribution is 5.92. The van der Waals surface area contributed by atoms with Crippen molar-refractivity contribution >= 4 is 23.7 Å². The van der Waals surface area contributed by atoms with E-state index in [1.807, 2.05) is 27.7 Å². The molecule has 0 aromatic heterocycles. The summed E-state index contributed by atoms with van der Waals surface area (Å²) < 4.78 is 0. The Balaban J connectivity index is 4.85. The van der Waals surface area contributed by atoms with E-state index in [9.17, 15) is 24.3 Å². The maximum Gasteiger partial charge on any atom is 0.326 e. The second-order valence-electron chi connectivity index (χ2n) is 8.39. The molecule has 0 aromatic carbocycles. The van der Waals surface area contributed by atoms with Crippen molar-refractivity contribution in [2.24, 2.45) is 23.3 Å². The van der Waals surface area contributed by atoms with Crippen molar-refractivity contribution < 1.29 is 24.3 Å². The zero-order valence-electron chi connectivity index (χ0n) is 18.6. The molecule has 8 N–H and O–H groups in total. The lowest BCUT2D eigenvalue weighted by atomic mass is 10.0. The summed E-state index contributed by atoms with van der Waals surface area (Å²) in [6, 6.07) is -2.67. The number of carboxylic acid groups (broad SMARTS) is 1. The van der Waals surface area contributed by atoms with Gasteiger partial charge in [0.1, 0.15) is 12.1 Å². The molecule has 30 heavy (non-hydrogen) atoms. The third-order valence-electron chi connectivity index (χ3n) is 4.41. The first kappa shape index (κ1) is 27.8. The van der Waals surface area contributed by atoms with Crippen molar-refractivity contribution in [1.82, 2.24) is 16.0 Å². The average Bonchev–Trinajstić information content (AvgIpc) is 2.63. The van der Waals surface area contributed by atoms with Crippen LogP contribution in [0.25, 0.3) is 0 Å². The number of unbranched alkanes of at least 4 members (excludes halogenated alkanes) is 1. The van der Waals surface area contributed by atoms with Crippen molar-refractivity contribution in [3.8, 4) is 0 Å². The maximum atomic E-state index is 12.6. The van der Waals surface area contributed by atoms with Gasteiger partial charge in [-0.1, -0.05) is 27.7 Å². The lowest BCUT2D eigenvalue weighted by molar-refractivity contribution is -0.142. The lowest BCUT2D eigenvalue weighted by Crippen LogP contribution is -2.54. The van der Waals surface area contributed by atoms with Crippen LogP contribution in [0.4, 0.5) is 0 Å². The van der Waals surface area contributed by atoms with Crippen LogP contribution in [0.2, 0.25) is 0 Å². The van der Waals surface area contributed by atoms with Gasteiger partial charge in [-0.3, -0.25) is 14.4 Å². The summed E-state index contributed by atoms with van der Waals surface area (Å²) in [7, 11) is 0. The van der Waals surface area contributed by atoms with Gasteiger partial charge in [0.15, 0.2) is 0 Å². The lowest BCUT2D eigenvalue weighted by Gasteiger charge is -2.23. The highest BCUT2D eigenvalue weighted by Crippen LogP contribution is 2.07. The minimum atomic E-state index is -1.14. The first-order valence-electron chi connectivity index (χ1n) is 10.5. The van der Waals surface area contributed by atoms with Gasteiger partial charge in [0.05, 0.1) is 12.6 Å². The molecule has 3 unspecified atom stereocenters. The van der Waals surface area contributed by atoms with Gasteiger partial charge in [0.25, 0.3) is 0 Å². The zero-order chi connectivity index (χ0) is 23.3.